The third-order valence-electron chi connectivity index (χ3n) is 3.68. The van der Waals surface area contributed by atoms with Crippen LogP contribution >= 0.6 is 0 Å². The van der Waals surface area contributed by atoms with Gasteiger partial charge in [0.25, 0.3) is 0 Å². The van der Waals surface area contributed by atoms with E-state index in [1.807, 2.05) is 13.8 Å². The molecule has 6 nitrogen and oxygen atoms in total. The van der Waals surface area contributed by atoms with Gasteiger partial charge in [-0.1, -0.05) is 20.3 Å². The van der Waals surface area contributed by atoms with Gasteiger partial charge in [-0.2, -0.15) is 0 Å². The van der Waals surface area contributed by atoms with E-state index in [4.69, 9.17) is 5.11 Å². The van der Waals surface area contributed by atoms with Crippen LogP contribution in [0.1, 0.15) is 39.5 Å². The van der Waals surface area contributed by atoms with E-state index in [2.05, 4.69) is 15.5 Å². The van der Waals surface area contributed by atoms with Crippen molar-refractivity contribution in [2.45, 2.75) is 45.6 Å². The van der Waals surface area contributed by atoms with Gasteiger partial charge >= 0.3 is 12.0 Å². The Kier molecular flexibility index (Phi) is 7.36. The van der Waals surface area contributed by atoms with Crippen LogP contribution in [0.2, 0.25) is 0 Å². The standard InChI is InChI=1S/C14H27N3O3/c1-11(2)12(10-13(18)19)16-14(20)15-6-9-17-7-4-3-5-8-17/h11-12H,3-10H2,1-2H3,(H,18,19)(H2,15,16,20). The molecule has 0 bridgehead atoms. The molecule has 1 rings (SSSR count). The molecule has 0 aliphatic carbocycles. The Balaban J connectivity index is 2.21. The van der Waals surface area contributed by atoms with Crippen LogP contribution in [-0.2, 0) is 4.79 Å². The number of urea groups is 1. The summed E-state index contributed by atoms with van der Waals surface area (Å²) >= 11 is 0. The fraction of sp³-hybridized carbons (Fsp3) is 0.857. The van der Waals surface area contributed by atoms with Gasteiger partial charge in [-0.05, 0) is 31.8 Å². The number of nitrogens with zero attached hydrogens (tertiary/aromatic N) is 1. The van der Waals surface area contributed by atoms with Crippen molar-refractivity contribution in [3.05, 3.63) is 0 Å². The number of carbonyl (C=O) groups excluding carboxylic acids is 1. The summed E-state index contributed by atoms with van der Waals surface area (Å²) in [4.78, 5) is 24.8. The molecule has 1 aliphatic rings. The van der Waals surface area contributed by atoms with Crippen LogP contribution < -0.4 is 10.6 Å². The number of carboxylic acids is 1. The van der Waals surface area contributed by atoms with Gasteiger partial charge in [-0.3, -0.25) is 4.79 Å². The molecule has 1 saturated heterocycles. The van der Waals surface area contributed by atoms with Gasteiger partial charge in [0.15, 0.2) is 0 Å². The summed E-state index contributed by atoms with van der Waals surface area (Å²) in [6.07, 6.45) is 3.73. The fourth-order valence-electron chi connectivity index (χ4n) is 2.37. The monoisotopic (exact) mass is 285 g/mol. The predicted molar refractivity (Wildman–Crippen MR) is 77.7 cm³/mol. The van der Waals surface area contributed by atoms with E-state index in [9.17, 15) is 9.59 Å². The number of likely N-dealkylation sites (tertiary alicyclic amines) is 1. The Morgan fingerprint density at radius 1 is 1.20 bits per heavy atom. The average Bonchev–Trinajstić information content (AvgIpc) is 2.38. The first-order valence-electron chi connectivity index (χ1n) is 7.47. The highest BCUT2D eigenvalue weighted by molar-refractivity contribution is 5.75. The Bertz CT molecular complexity index is 315. The molecule has 116 valence electrons. The minimum Gasteiger partial charge on any atom is -0.481 e. The summed E-state index contributed by atoms with van der Waals surface area (Å²) in [7, 11) is 0. The van der Waals surface area contributed by atoms with Crippen molar-refractivity contribution < 1.29 is 14.7 Å². The smallest absolute Gasteiger partial charge is 0.315 e. The number of hydrogen-bond acceptors (Lipinski definition) is 3. The lowest BCUT2D eigenvalue weighted by atomic mass is 10.0. The van der Waals surface area contributed by atoms with E-state index in [0.717, 1.165) is 19.6 Å². The first-order chi connectivity index (χ1) is 9.49. The maximum absolute atomic E-state index is 11.7. The van der Waals surface area contributed by atoms with E-state index in [0.29, 0.717) is 6.54 Å². The quantitative estimate of drug-likeness (QED) is 0.658. The van der Waals surface area contributed by atoms with Crippen LogP contribution in [0.4, 0.5) is 4.79 Å². The molecule has 0 radical (unpaired) electrons. The number of hydrogen-bond donors (Lipinski definition) is 3. The molecule has 1 unspecified atom stereocenters. The molecular weight excluding hydrogens is 258 g/mol. The number of piperidine rings is 1. The minimum absolute atomic E-state index is 0.0444. The molecule has 1 atom stereocenters. The second kappa shape index (κ2) is 8.79. The largest absolute Gasteiger partial charge is 0.481 e. The van der Waals surface area contributed by atoms with Gasteiger partial charge in [-0.15, -0.1) is 0 Å². The lowest BCUT2D eigenvalue weighted by molar-refractivity contribution is -0.137. The lowest BCUT2D eigenvalue weighted by Crippen LogP contribution is -2.47. The highest BCUT2D eigenvalue weighted by Gasteiger charge is 2.19. The predicted octanol–water partition coefficient (Wildman–Crippen LogP) is 1.27. The molecule has 2 amide bonds. The highest BCUT2D eigenvalue weighted by atomic mass is 16.4. The molecule has 0 saturated carbocycles. The molecule has 0 aromatic carbocycles. The van der Waals surface area contributed by atoms with Crippen LogP contribution in [0.15, 0.2) is 0 Å². The maximum atomic E-state index is 11.7. The number of nitrogens with one attached hydrogen (secondary N) is 2. The Hall–Kier alpha value is -1.30. The second-order valence-corrected chi connectivity index (χ2v) is 5.75. The summed E-state index contributed by atoms with van der Waals surface area (Å²) in [6, 6.07) is -0.607. The van der Waals surface area contributed by atoms with Crippen LogP contribution in [0.5, 0.6) is 0 Å². The number of amides is 2. The van der Waals surface area contributed by atoms with Crippen molar-refractivity contribution in [3.8, 4) is 0 Å². The molecule has 0 spiro atoms. The Morgan fingerprint density at radius 3 is 2.40 bits per heavy atom. The van der Waals surface area contributed by atoms with E-state index in [-0.39, 0.29) is 24.4 Å². The van der Waals surface area contributed by atoms with E-state index in [1.165, 1.54) is 19.3 Å². The third-order valence-corrected chi connectivity index (χ3v) is 3.68. The van der Waals surface area contributed by atoms with Gasteiger partial charge in [0.2, 0.25) is 0 Å². The number of aliphatic carboxylic acids is 1. The number of carboxylic acid groups (broad SMARTS) is 1. The molecule has 1 aliphatic heterocycles. The maximum Gasteiger partial charge on any atom is 0.315 e. The fourth-order valence-corrected chi connectivity index (χ4v) is 2.37. The molecule has 0 aromatic heterocycles. The lowest BCUT2D eigenvalue weighted by Gasteiger charge is -2.26. The summed E-state index contributed by atoms with van der Waals surface area (Å²) in [6.45, 7) is 7.49. The SMILES string of the molecule is CC(C)C(CC(=O)O)NC(=O)NCCN1CCCCC1. The molecule has 1 heterocycles. The zero-order valence-electron chi connectivity index (χ0n) is 12.5. The first kappa shape index (κ1) is 16.8. The number of rotatable bonds is 7. The normalized spacial score (nSPS) is 17.8. The highest BCUT2D eigenvalue weighted by Crippen LogP contribution is 2.07. The van der Waals surface area contributed by atoms with Crippen LogP contribution in [0.3, 0.4) is 0 Å². The van der Waals surface area contributed by atoms with Crippen molar-refractivity contribution in [2.24, 2.45) is 5.92 Å². The van der Waals surface area contributed by atoms with Crippen molar-refractivity contribution in [3.63, 3.8) is 0 Å². The minimum atomic E-state index is -0.891. The zero-order valence-corrected chi connectivity index (χ0v) is 12.5. The summed E-state index contributed by atoms with van der Waals surface area (Å²) in [5.41, 5.74) is 0. The molecule has 1 fully saturated rings. The summed E-state index contributed by atoms with van der Waals surface area (Å²) in [5.74, 6) is -0.795. The van der Waals surface area contributed by atoms with Crippen LogP contribution in [0.25, 0.3) is 0 Å². The molecule has 6 heteroatoms. The van der Waals surface area contributed by atoms with E-state index >= 15 is 0 Å². The average molecular weight is 285 g/mol. The van der Waals surface area contributed by atoms with Gasteiger partial charge < -0.3 is 20.6 Å². The van der Waals surface area contributed by atoms with E-state index in [1.54, 1.807) is 0 Å². The van der Waals surface area contributed by atoms with Gasteiger partial charge in [-0.25, -0.2) is 4.79 Å². The molecule has 20 heavy (non-hydrogen) atoms. The van der Waals surface area contributed by atoms with Crippen molar-refractivity contribution in [1.29, 1.82) is 0 Å². The Labute approximate surface area is 120 Å². The van der Waals surface area contributed by atoms with Crippen LogP contribution in [0, 0.1) is 5.92 Å². The topological polar surface area (TPSA) is 81.7 Å². The van der Waals surface area contributed by atoms with Gasteiger partial charge in [0.05, 0.1) is 6.42 Å². The van der Waals surface area contributed by atoms with Gasteiger partial charge in [0.1, 0.15) is 0 Å². The van der Waals surface area contributed by atoms with Crippen molar-refractivity contribution in [1.82, 2.24) is 15.5 Å². The zero-order chi connectivity index (χ0) is 15.0. The Morgan fingerprint density at radius 2 is 1.85 bits per heavy atom. The molecule has 0 aromatic rings. The molecule has 3 N–H and O–H groups in total. The van der Waals surface area contributed by atoms with Crippen molar-refractivity contribution >= 4 is 12.0 Å². The van der Waals surface area contributed by atoms with Gasteiger partial charge in [0, 0.05) is 19.1 Å². The summed E-state index contributed by atoms with van der Waals surface area (Å²) < 4.78 is 0. The van der Waals surface area contributed by atoms with E-state index < -0.39 is 5.97 Å². The first-order valence-corrected chi connectivity index (χ1v) is 7.47. The summed E-state index contributed by atoms with van der Waals surface area (Å²) in [5, 5.41) is 14.4. The molecular formula is C14H27N3O3. The number of carbonyl (C=O) groups is 2. The van der Waals surface area contributed by atoms with Crippen molar-refractivity contribution in [2.75, 3.05) is 26.2 Å². The van der Waals surface area contributed by atoms with Crippen LogP contribution in [-0.4, -0.2) is 54.2 Å². The third kappa shape index (κ3) is 6.75. The second-order valence-electron chi connectivity index (χ2n) is 5.75.